The molecular formula is C30H35NO12. The van der Waals surface area contributed by atoms with E-state index in [-0.39, 0.29) is 17.7 Å². The van der Waals surface area contributed by atoms with Crippen molar-refractivity contribution in [3.05, 3.63) is 45.5 Å². The summed E-state index contributed by atoms with van der Waals surface area (Å²) in [5.41, 5.74) is -6.40. The average molecular weight is 602 g/mol. The lowest BCUT2D eigenvalue weighted by Gasteiger charge is -2.50. The molecule has 2 aliphatic carbocycles. The zero-order valence-electron chi connectivity index (χ0n) is 24.8. The summed E-state index contributed by atoms with van der Waals surface area (Å²) in [4.78, 5) is 43.1. The quantitative estimate of drug-likeness (QED) is 0.264. The van der Waals surface area contributed by atoms with Crippen molar-refractivity contribution in [3.63, 3.8) is 0 Å². The van der Waals surface area contributed by atoms with Crippen LogP contribution in [0.15, 0.2) is 12.1 Å². The number of nitrogens with zero attached hydrogens (tertiary/aromatic N) is 1. The number of ether oxygens (including phenoxy) is 4. The van der Waals surface area contributed by atoms with Gasteiger partial charge in [-0.05, 0) is 47.0 Å². The second-order valence-corrected chi connectivity index (χ2v) is 11.8. The molecule has 1 fully saturated rings. The van der Waals surface area contributed by atoms with Gasteiger partial charge in [0.1, 0.15) is 35.2 Å². The van der Waals surface area contributed by atoms with Gasteiger partial charge < -0.3 is 49.4 Å². The summed E-state index contributed by atoms with van der Waals surface area (Å²) in [6.07, 6.45) is -5.64. The second-order valence-electron chi connectivity index (χ2n) is 11.8. The number of hydrogen-bond donors (Lipinski definition) is 5. The van der Waals surface area contributed by atoms with E-state index in [2.05, 4.69) is 0 Å². The number of methoxy groups -OCH3 is 2. The third-order valence-electron chi connectivity index (χ3n) is 9.16. The lowest BCUT2D eigenvalue weighted by atomic mass is 9.71. The van der Waals surface area contributed by atoms with Gasteiger partial charge in [0.05, 0.1) is 52.7 Å². The van der Waals surface area contributed by atoms with E-state index in [0.29, 0.717) is 0 Å². The molecule has 3 aliphatic rings. The molecule has 1 aliphatic heterocycles. The van der Waals surface area contributed by atoms with Crippen LogP contribution in [0, 0.1) is 0 Å². The highest BCUT2D eigenvalue weighted by molar-refractivity contribution is 6.33. The number of Topliss-reactive ketones (excluding diaryl/α,β-unsaturated/α-hetero) is 1. The minimum Gasteiger partial charge on any atom is -0.507 e. The molecule has 0 radical (unpaired) electrons. The minimum absolute atomic E-state index is 0.0814. The first-order valence-electron chi connectivity index (χ1n) is 13.6. The van der Waals surface area contributed by atoms with E-state index in [9.17, 15) is 39.9 Å². The summed E-state index contributed by atoms with van der Waals surface area (Å²) in [5.74, 6) is -5.58. The summed E-state index contributed by atoms with van der Waals surface area (Å²) in [6.45, 7) is 4.59. The Morgan fingerprint density at radius 1 is 0.930 bits per heavy atom. The fourth-order valence-electron chi connectivity index (χ4n) is 6.48. The Hall–Kier alpha value is -3.59. The number of phenols is 3. The van der Waals surface area contributed by atoms with Crippen molar-refractivity contribution >= 4 is 17.3 Å². The molecule has 1 saturated heterocycles. The van der Waals surface area contributed by atoms with Crippen LogP contribution in [0.4, 0.5) is 0 Å². The number of carbonyl (C=O) groups excluding carboxylic acids is 3. The van der Waals surface area contributed by atoms with Crippen LogP contribution in [-0.4, -0.2) is 112 Å². The smallest absolute Gasteiger partial charge is 0.202 e. The predicted molar refractivity (Wildman–Crippen MR) is 148 cm³/mol. The molecule has 13 nitrogen and oxygen atoms in total. The SMILES string of the molecule is COc1ccc(O)c2c1C(=O)c1c(O)c3c(c(O)c1C2=O)[C@@H](O[C@H]1C[C@](C)(N(C)C)[C@H](O)[C@H](C)O1)[C@@H](OC)[C@@](C)(O)C3=O. The number of aliphatic hydroxyl groups is 2. The summed E-state index contributed by atoms with van der Waals surface area (Å²) >= 11 is 0. The standard InChI is InChI=1S/C30H35NO12/c1-11-26(37)29(2,31(4)5)10-14(42-11)43-25-19-20(27(38)30(3,39)28(25)41-7)24(36)18-17(23(19)35)21(33)15-12(32)8-9-13(40-6)16(15)22(18)34/h8-9,11,14,25-26,28,32,35-37,39H,10H2,1-7H3/t11-,14-,25+,26+,28+,29-,30-/m0/s1. The molecule has 5 N–H and O–H groups in total. The van der Waals surface area contributed by atoms with Crippen LogP contribution >= 0.6 is 0 Å². The van der Waals surface area contributed by atoms with Gasteiger partial charge >= 0.3 is 0 Å². The number of carbonyl (C=O) groups is 3. The fourth-order valence-corrected chi connectivity index (χ4v) is 6.48. The van der Waals surface area contributed by atoms with E-state index in [1.807, 2.05) is 0 Å². The molecule has 0 spiro atoms. The van der Waals surface area contributed by atoms with Crippen LogP contribution in [0.25, 0.3) is 0 Å². The predicted octanol–water partition coefficient (Wildman–Crippen LogP) is 1.42. The van der Waals surface area contributed by atoms with Gasteiger partial charge in [-0.15, -0.1) is 0 Å². The van der Waals surface area contributed by atoms with Crippen LogP contribution in [0.1, 0.15) is 81.1 Å². The Balaban J connectivity index is 1.74. The first-order chi connectivity index (χ1) is 20.0. The van der Waals surface area contributed by atoms with Gasteiger partial charge in [-0.25, -0.2) is 0 Å². The van der Waals surface area contributed by atoms with E-state index in [4.69, 9.17) is 18.9 Å². The van der Waals surface area contributed by atoms with E-state index < -0.39 is 104 Å². The van der Waals surface area contributed by atoms with Crippen molar-refractivity contribution in [2.75, 3.05) is 28.3 Å². The first-order valence-corrected chi connectivity index (χ1v) is 13.6. The van der Waals surface area contributed by atoms with Crippen molar-refractivity contribution in [3.8, 4) is 23.0 Å². The van der Waals surface area contributed by atoms with Crippen LogP contribution in [-0.2, 0) is 14.2 Å². The number of rotatable bonds is 5. The molecule has 0 unspecified atom stereocenters. The topological polar surface area (TPSA) is 193 Å². The third kappa shape index (κ3) is 4.18. The molecule has 0 bridgehead atoms. The van der Waals surface area contributed by atoms with Gasteiger partial charge in [-0.2, -0.15) is 0 Å². The maximum absolute atomic E-state index is 13.8. The second kappa shape index (κ2) is 10.3. The maximum atomic E-state index is 13.8. The lowest BCUT2D eigenvalue weighted by molar-refractivity contribution is -0.285. The van der Waals surface area contributed by atoms with E-state index >= 15 is 0 Å². The largest absolute Gasteiger partial charge is 0.507 e. The molecule has 43 heavy (non-hydrogen) atoms. The van der Waals surface area contributed by atoms with Crippen molar-refractivity contribution in [2.24, 2.45) is 0 Å². The number of benzene rings is 2. The summed E-state index contributed by atoms with van der Waals surface area (Å²) < 4.78 is 22.9. The Bertz CT molecular complexity index is 1550. The average Bonchev–Trinajstić information content (AvgIpc) is 2.93. The fraction of sp³-hybridized carbons (Fsp3) is 0.500. The van der Waals surface area contributed by atoms with Crippen molar-refractivity contribution in [1.29, 1.82) is 0 Å². The van der Waals surface area contributed by atoms with Gasteiger partial charge in [0.2, 0.25) is 17.3 Å². The van der Waals surface area contributed by atoms with Gasteiger partial charge in [-0.3, -0.25) is 14.4 Å². The number of likely N-dealkylation sites (N-methyl/N-ethyl adjacent to an activating group) is 1. The number of ketones is 3. The first kappa shape index (κ1) is 30.9. The lowest BCUT2D eigenvalue weighted by Crippen LogP contribution is -2.62. The van der Waals surface area contributed by atoms with Gasteiger partial charge in [0, 0.05) is 19.1 Å². The third-order valence-corrected chi connectivity index (χ3v) is 9.16. The minimum atomic E-state index is -2.34. The molecule has 7 atom stereocenters. The van der Waals surface area contributed by atoms with Crippen LogP contribution < -0.4 is 4.74 Å². The van der Waals surface area contributed by atoms with Gasteiger partial charge in [-0.1, -0.05) is 0 Å². The van der Waals surface area contributed by atoms with Crippen LogP contribution in [0.3, 0.4) is 0 Å². The van der Waals surface area contributed by atoms with Crippen molar-refractivity contribution < 1.29 is 58.9 Å². The Morgan fingerprint density at radius 3 is 2.12 bits per heavy atom. The number of phenolic OH excluding ortho intramolecular Hbond substituents is 3. The van der Waals surface area contributed by atoms with E-state index in [1.54, 1.807) is 32.8 Å². The number of aliphatic hydroxyl groups excluding tert-OH is 1. The molecule has 232 valence electrons. The molecule has 5 rings (SSSR count). The number of aromatic hydroxyl groups is 3. The van der Waals surface area contributed by atoms with E-state index in [0.717, 1.165) is 13.0 Å². The highest BCUT2D eigenvalue weighted by Gasteiger charge is 2.57. The molecule has 0 saturated carbocycles. The van der Waals surface area contributed by atoms with Crippen LogP contribution in [0.5, 0.6) is 23.0 Å². The van der Waals surface area contributed by atoms with Crippen LogP contribution in [0.2, 0.25) is 0 Å². The molecule has 0 amide bonds. The normalized spacial score (nSPS) is 32.0. The summed E-state index contributed by atoms with van der Waals surface area (Å²) in [7, 11) is 6.00. The molecule has 2 aromatic carbocycles. The highest BCUT2D eigenvalue weighted by atomic mass is 16.7. The van der Waals surface area contributed by atoms with Crippen molar-refractivity contribution in [1.82, 2.24) is 4.90 Å². The molecule has 2 aromatic rings. The maximum Gasteiger partial charge on any atom is 0.202 e. The number of fused-ring (bicyclic) bond motifs is 3. The molecular weight excluding hydrogens is 566 g/mol. The summed E-state index contributed by atoms with van der Waals surface area (Å²) in [5, 5.41) is 56.0. The van der Waals surface area contributed by atoms with Crippen molar-refractivity contribution in [2.45, 2.75) is 69.0 Å². The van der Waals surface area contributed by atoms with Gasteiger partial charge in [0.25, 0.3) is 0 Å². The molecule has 0 aromatic heterocycles. The zero-order valence-corrected chi connectivity index (χ0v) is 24.8. The molecule has 1 heterocycles. The molecule has 13 heteroatoms. The Morgan fingerprint density at radius 2 is 1.53 bits per heavy atom. The highest BCUT2D eigenvalue weighted by Crippen LogP contribution is 2.53. The monoisotopic (exact) mass is 601 g/mol. The number of hydrogen-bond acceptors (Lipinski definition) is 13. The van der Waals surface area contributed by atoms with E-state index in [1.165, 1.54) is 20.3 Å². The zero-order chi connectivity index (χ0) is 31.9. The van der Waals surface area contributed by atoms with Gasteiger partial charge in [0.15, 0.2) is 11.9 Å². The Labute approximate surface area is 247 Å². The summed E-state index contributed by atoms with van der Waals surface area (Å²) in [6, 6.07) is 2.40. The Kier molecular flexibility index (Phi) is 7.36.